The van der Waals surface area contributed by atoms with E-state index in [1.54, 1.807) is 0 Å². The highest BCUT2D eigenvalue weighted by Crippen LogP contribution is 2.24. The van der Waals surface area contributed by atoms with Gasteiger partial charge in [0, 0.05) is 48.9 Å². The van der Waals surface area contributed by atoms with Crippen molar-refractivity contribution in [1.29, 1.82) is 0 Å². The van der Waals surface area contributed by atoms with Crippen LogP contribution >= 0.6 is 0 Å². The third-order valence-corrected chi connectivity index (χ3v) is 6.95. The fraction of sp³-hybridized carbons (Fsp3) is 0.379. The molecule has 37 heavy (non-hydrogen) atoms. The van der Waals surface area contributed by atoms with Crippen molar-refractivity contribution in [3.05, 3.63) is 82.6 Å². The van der Waals surface area contributed by atoms with E-state index in [0.717, 1.165) is 40.1 Å². The number of aryl methyl sites for hydroxylation is 2. The first-order chi connectivity index (χ1) is 17.8. The van der Waals surface area contributed by atoms with Crippen LogP contribution in [0.4, 0.5) is 0 Å². The van der Waals surface area contributed by atoms with Gasteiger partial charge >= 0.3 is 0 Å². The highest BCUT2D eigenvalue weighted by molar-refractivity contribution is 5.98. The molecule has 0 aliphatic carbocycles. The molecule has 2 amide bonds. The highest BCUT2D eigenvalue weighted by Gasteiger charge is 2.28. The van der Waals surface area contributed by atoms with Crippen LogP contribution in [0.1, 0.15) is 69.8 Å². The quantitative estimate of drug-likeness (QED) is 0.406. The van der Waals surface area contributed by atoms with E-state index >= 15 is 0 Å². The summed E-state index contributed by atoms with van der Waals surface area (Å²) in [7, 11) is 0. The molecule has 8 nitrogen and oxygen atoms in total. The molecule has 0 saturated carbocycles. The number of amides is 2. The number of carbonyl (C=O) groups is 2. The Morgan fingerprint density at radius 2 is 1.76 bits per heavy atom. The van der Waals surface area contributed by atoms with Gasteiger partial charge in [0.05, 0.1) is 6.04 Å². The number of hydrogen-bond donors (Lipinski definition) is 2. The Morgan fingerprint density at radius 3 is 2.51 bits per heavy atom. The van der Waals surface area contributed by atoms with Gasteiger partial charge in [0.15, 0.2) is 5.82 Å². The SMILES string of the molecule is Cc1cc(C)cc(C(=O)NC(CC(C)C)c2nnc3n2CCN(C(=O)c2ccc4cc[nH]c4c2)CC3)c1. The van der Waals surface area contributed by atoms with E-state index in [-0.39, 0.29) is 17.9 Å². The van der Waals surface area contributed by atoms with Crippen LogP contribution in [0, 0.1) is 19.8 Å². The summed E-state index contributed by atoms with van der Waals surface area (Å²) in [6.07, 6.45) is 3.24. The Labute approximate surface area is 217 Å². The van der Waals surface area contributed by atoms with Gasteiger partial charge < -0.3 is 19.8 Å². The number of nitrogens with zero attached hydrogens (tertiary/aromatic N) is 4. The number of nitrogens with one attached hydrogen (secondary N) is 2. The Balaban J connectivity index is 1.35. The minimum atomic E-state index is -0.271. The maximum Gasteiger partial charge on any atom is 0.254 e. The van der Waals surface area contributed by atoms with Crippen LogP contribution in [0.2, 0.25) is 0 Å². The molecule has 2 aromatic carbocycles. The molecule has 0 radical (unpaired) electrons. The number of fused-ring (bicyclic) bond motifs is 2. The molecule has 4 aromatic rings. The average Bonchev–Trinajstić information content (AvgIpc) is 3.43. The van der Waals surface area contributed by atoms with Gasteiger partial charge in [-0.3, -0.25) is 9.59 Å². The predicted molar refractivity (Wildman–Crippen MR) is 144 cm³/mol. The van der Waals surface area contributed by atoms with E-state index in [4.69, 9.17) is 0 Å². The molecule has 0 spiro atoms. The first-order valence-electron chi connectivity index (χ1n) is 13.0. The predicted octanol–water partition coefficient (Wildman–Crippen LogP) is 4.59. The Hall–Kier alpha value is -3.94. The molecule has 2 aromatic heterocycles. The Bertz CT molecular complexity index is 1430. The standard InChI is InChI=1S/C29H34N6O2/c1-18(2)13-25(31-28(36)23-15-19(3)14-20(4)16-23)27-33-32-26-8-10-34(11-12-35(26)27)29(37)22-6-5-21-7-9-30-24(21)17-22/h5-7,9,14-18,25,30H,8,10-13H2,1-4H3,(H,31,36). The number of hydrogen-bond acceptors (Lipinski definition) is 4. The number of carbonyl (C=O) groups excluding carboxylic acids is 2. The van der Waals surface area contributed by atoms with Gasteiger partial charge in [-0.15, -0.1) is 10.2 Å². The molecule has 8 heteroatoms. The molecule has 0 saturated heterocycles. The second-order valence-corrected chi connectivity index (χ2v) is 10.5. The van der Waals surface area contributed by atoms with E-state index in [1.165, 1.54) is 0 Å². The summed E-state index contributed by atoms with van der Waals surface area (Å²) in [6, 6.07) is 13.4. The molecule has 0 fully saturated rings. The van der Waals surface area contributed by atoms with Crippen molar-refractivity contribution in [2.45, 2.75) is 53.1 Å². The maximum atomic E-state index is 13.3. The monoisotopic (exact) mass is 498 g/mol. The van der Waals surface area contributed by atoms with Gasteiger partial charge in [0.2, 0.25) is 0 Å². The molecule has 5 rings (SSSR count). The summed E-state index contributed by atoms with van der Waals surface area (Å²) in [6.45, 7) is 9.98. The van der Waals surface area contributed by atoms with E-state index in [1.807, 2.05) is 61.3 Å². The fourth-order valence-corrected chi connectivity index (χ4v) is 5.22. The summed E-state index contributed by atoms with van der Waals surface area (Å²) >= 11 is 0. The molecule has 1 aliphatic heterocycles. The van der Waals surface area contributed by atoms with Gasteiger partial charge in [-0.25, -0.2) is 0 Å². The van der Waals surface area contributed by atoms with Gasteiger partial charge in [-0.1, -0.05) is 37.1 Å². The summed E-state index contributed by atoms with van der Waals surface area (Å²) in [5, 5.41) is 13.3. The summed E-state index contributed by atoms with van der Waals surface area (Å²) in [4.78, 5) is 31.6. The zero-order chi connectivity index (χ0) is 26.1. The lowest BCUT2D eigenvalue weighted by Gasteiger charge is -2.22. The summed E-state index contributed by atoms with van der Waals surface area (Å²) in [5.41, 5.74) is 4.39. The van der Waals surface area contributed by atoms with E-state index in [0.29, 0.717) is 43.1 Å². The zero-order valence-electron chi connectivity index (χ0n) is 21.9. The second kappa shape index (κ2) is 10.2. The van der Waals surface area contributed by atoms with Crippen molar-refractivity contribution in [2.24, 2.45) is 5.92 Å². The average molecular weight is 499 g/mol. The third-order valence-electron chi connectivity index (χ3n) is 6.95. The minimum Gasteiger partial charge on any atom is -0.361 e. The van der Waals surface area contributed by atoms with Crippen molar-refractivity contribution < 1.29 is 9.59 Å². The molecule has 2 N–H and O–H groups in total. The molecule has 3 heterocycles. The minimum absolute atomic E-state index is 0.0126. The van der Waals surface area contributed by atoms with Crippen LogP contribution in [-0.4, -0.2) is 49.6 Å². The van der Waals surface area contributed by atoms with Crippen LogP contribution in [0.5, 0.6) is 0 Å². The van der Waals surface area contributed by atoms with Crippen LogP contribution in [-0.2, 0) is 13.0 Å². The van der Waals surface area contributed by atoms with Crippen LogP contribution in [0.25, 0.3) is 10.9 Å². The van der Waals surface area contributed by atoms with Crippen molar-refractivity contribution in [2.75, 3.05) is 13.1 Å². The molecular formula is C29H34N6O2. The third kappa shape index (κ3) is 5.28. The molecule has 1 aliphatic rings. The molecule has 0 bridgehead atoms. The Morgan fingerprint density at radius 1 is 0.973 bits per heavy atom. The highest BCUT2D eigenvalue weighted by atomic mass is 16.2. The van der Waals surface area contributed by atoms with E-state index < -0.39 is 0 Å². The lowest BCUT2D eigenvalue weighted by atomic mass is 10.0. The lowest BCUT2D eigenvalue weighted by Crippen LogP contribution is -2.34. The smallest absolute Gasteiger partial charge is 0.254 e. The maximum absolute atomic E-state index is 13.3. The molecule has 1 unspecified atom stereocenters. The fourth-order valence-electron chi connectivity index (χ4n) is 5.22. The van der Waals surface area contributed by atoms with Gasteiger partial charge in [-0.05, 0) is 61.9 Å². The number of H-pyrrole nitrogens is 1. The van der Waals surface area contributed by atoms with Crippen LogP contribution < -0.4 is 5.32 Å². The van der Waals surface area contributed by atoms with Crippen molar-refractivity contribution in [3.63, 3.8) is 0 Å². The number of rotatable bonds is 6. The van der Waals surface area contributed by atoms with Crippen molar-refractivity contribution in [1.82, 2.24) is 30.0 Å². The topological polar surface area (TPSA) is 95.9 Å². The molecular weight excluding hydrogens is 464 g/mol. The van der Waals surface area contributed by atoms with E-state index in [2.05, 4.69) is 45.0 Å². The van der Waals surface area contributed by atoms with Gasteiger partial charge in [0.25, 0.3) is 11.8 Å². The summed E-state index contributed by atoms with van der Waals surface area (Å²) in [5.74, 6) is 1.85. The van der Waals surface area contributed by atoms with E-state index in [9.17, 15) is 9.59 Å². The van der Waals surface area contributed by atoms with Crippen LogP contribution in [0.3, 0.4) is 0 Å². The van der Waals surface area contributed by atoms with Crippen molar-refractivity contribution >= 4 is 22.7 Å². The van der Waals surface area contributed by atoms with Crippen LogP contribution in [0.15, 0.2) is 48.7 Å². The second-order valence-electron chi connectivity index (χ2n) is 10.5. The Kier molecular flexibility index (Phi) is 6.82. The molecule has 1 atom stereocenters. The van der Waals surface area contributed by atoms with Gasteiger partial charge in [-0.2, -0.15) is 0 Å². The lowest BCUT2D eigenvalue weighted by molar-refractivity contribution is 0.0758. The zero-order valence-corrected chi connectivity index (χ0v) is 21.9. The number of aromatic amines is 1. The first-order valence-corrected chi connectivity index (χ1v) is 13.0. The first kappa shape index (κ1) is 24.7. The normalized spacial score (nSPS) is 14.5. The summed E-state index contributed by atoms with van der Waals surface area (Å²) < 4.78 is 2.09. The number of aromatic nitrogens is 4. The molecule has 192 valence electrons. The number of benzene rings is 2. The largest absolute Gasteiger partial charge is 0.361 e. The van der Waals surface area contributed by atoms with Gasteiger partial charge in [0.1, 0.15) is 5.82 Å². The van der Waals surface area contributed by atoms with Crippen molar-refractivity contribution in [3.8, 4) is 0 Å².